The molecule has 0 heterocycles. The molecule has 0 amide bonds. The zero-order chi connectivity index (χ0) is 14.1. The Morgan fingerprint density at radius 1 is 1.35 bits per heavy atom. The Morgan fingerprint density at radius 3 is 2.70 bits per heavy atom. The fourth-order valence-electron chi connectivity index (χ4n) is 1.59. The van der Waals surface area contributed by atoms with Crippen molar-refractivity contribution in [3.63, 3.8) is 0 Å². The maximum absolute atomic E-state index is 13.4. The normalized spacial score (nSPS) is 11.3. The van der Waals surface area contributed by atoms with Crippen LogP contribution in [-0.2, 0) is 6.54 Å². The predicted molar refractivity (Wildman–Crippen MR) is 94.2 cm³/mol. The molecule has 1 aromatic carbocycles. The van der Waals surface area contributed by atoms with Gasteiger partial charge in [0.25, 0.3) is 0 Å². The molecular formula is C15H23FIN3. The first-order valence-corrected chi connectivity index (χ1v) is 6.48. The molecule has 0 radical (unpaired) electrons. The standard InChI is InChI=1S/C15H22FN3.HI/c1-4-5-6-9-18-15(17-3)19-11-13-8-7-12(2)14(16)10-13;/h4-5,7-8,10H,6,9,11H2,1-3H3,(H2,17,18,19);1H/b5-4+;. The van der Waals surface area contributed by atoms with Crippen molar-refractivity contribution in [2.24, 2.45) is 4.99 Å². The van der Waals surface area contributed by atoms with Gasteiger partial charge in [-0.2, -0.15) is 0 Å². The smallest absolute Gasteiger partial charge is 0.191 e. The Hall–Kier alpha value is -1.11. The first-order valence-electron chi connectivity index (χ1n) is 6.48. The third-order valence-electron chi connectivity index (χ3n) is 2.76. The highest BCUT2D eigenvalue weighted by molar-refractivity contribution is 14.0. The van der Waals surface area contributed by atoms with Gasteiger partial charge in [-0.15, -0.1) is 24.0 Å². The van der Waals surface area contributed by atoms with Crippen LogP contribution in [0.5, 0.6) is 0 Å². The second kappa shape index (κ2) is 10.7. The van der Waals surface area contributed by atoms with Crippen molar-refractivity contribution in [3.8, 4) is 0 Å². The lowest BCUT2D eigenvalue weighted by molar-refractivity contribution is 0.615. The number of nitrogens with zero attached hydrogens (tertiary/aromatic N) is 1. The number of benzene rings is 1. The van der Waals surface area contributed by atoms with E-state index in [0.29, 0.717) is 12.1 Å². The molecule has 112 valence electrons. The highest BCUT2D eigenvalue weighted by Crippen LogP contribution is 2.08. The molecule has 5 heteroatoms. The molecule has 0 bridgehead atoms. The monoisotopic (exact) mass is 391 g/mol. The summed E-state index contributed by atoms with van der Waals surface area (Å²) < 4.78 is 13.4. The van der Waals surface area contributed by atoms with Gasteiger partial charge >= 0.3 is 0 Å². The van der Waals surface area contributed by atoms with Crippen molar-refractivity contribution < 1.29 is 4.39 Å². The zero-order valence-electron chi connectivity index (χ0n) is 12.2. The lowest BCUT2D eigenvalue weighted by atomic mass is 10.1. The van der Waals surface area contributed by atoms with E-state index >= 15 is 0 Å². The molecule has 0 unspecified atom stereocenters. The third-order valence-corrected chi connectivity index (χ3v) is 2.76. The number of hydrogen-bond acceptors (Lipinski definition) is 1. The summed E-state index contributed by atoms with van der Waals surface area (Å²) in [4.78, 5) is 4.12. The largest absolute Gasteiger partial charge is 0.356 e. The van der Waals surface area contributed by atoms with Gasteiger partial charge in [-0.3, -0.25) is 4.99 Å². The highest BCUT2D eigenvalue weighted by Gasteiger charge is 2.01. The molecule has 1 aromatic rings. The number of guanidine groups is 1. The molecule has 0 aliphatic carbocycles. The molecule has 0 saturated carbocycles. The van der Waals surface area contributed by atoms with Gasteiger partial charge in [0, 0.05) is 20.1 Å². The van der Waals surface area contributed by atoms with Crippen LogP contribution >= 0.6 is 24.0 Å². The summed E-state index contributed by atoms with van der Waals surface area (Å²) in [5.41, 5.74) is 1.57. The van der Waals surface area contributed by atoms with Crippen molar-refractivity contribution in [3.05, 3.63) is 47.3 Å². The Kier molecular flexibility index (Phi) is 10.1. The van der Waals surface area contributed by atoms with E-state index in [2.05, 4.69) is 21.7 Å². The molecular weight excluding hydrogens is 368 g/mol. The van der Waals surface area contributed by atoms with Crippen LogP contribution in [-0.4, -0.2) is 19.6 Å². The quantitative estimate of drug-likeness (QED) is 0.266. The Labute approximate surface area is 137 Å². The first kappa shape index (κ1) is 18.9. The number of allylic oxidation sites excluding steroid dienone is 1. The summed E-state index contributed by atoms with van der Waals surface area (Å²) in [5, 5.41) is 6.35. The van der Waals surface area contributed by atoms with Crippen molar-refractivity contribution in [1.82, 2.24) is 10.6 Å². The van der Waals surface area contributed by atoms with Crippen LogP contribution in [0.25, 0.3) is 0 Å². The number of rotatable bonds is 5. The van der Waals surface area contributed by atoms with E-state index in [9.17, 15) is 4.39 Å². The minimum atomic E-state index is -0.171. The summed E-state index contributed by atoms with van der Waals surface area (Å²) in [6.45, 7) is 5.14. The number of hydrogen-bond donors (Lipinski definition) is 2. The Balaban J connectivity index is 0.00000361. The molecule has 20 heavy (non-hydrogen) atoms. The van der Waals surface area contributed by atoms with E-state index in [4.69, 9.17) is 0 Å². The molecule has 0 fully saturated rings. The van der Waals surface area contributed by atoms with Gasteiger partial charge in [0.2, 0.25) is 0 Å². The number of nitrogens with one attached hydrogen (secondary N) is 2. The zero-order valence-corrected chi connectivity index (χ0v) is 14.6. The van der Waals surface area contributed by atoms with Crippen molar-refractivity contribution >= 4 is 29.9 Å². The van der Waals surface area contributed by atoms with Gasteiger partial charge in [-0.1, -0.05) is 24.3 Å². The van der Waals surface area contributed by atoms with Crippen LogP contribution in [0.15, 0.2) is 35.3 Å². The molecule has 0 aliphatic rings. The van der Waals surface area contributed by atoms with E-state index in [-0.39, 0.29) is 29.8 Å². The molecule has 0 spiro atoms. The van der Waals surface area contributed by atoms with E-state index in [0.717, 1.165) is 24.5 Å². The summed E-state index contributed by atoms with van der Waals surface area (Å²) in [5.74, 6) is 0.556. The summed E-state index contributed by atoms with van der Waals surface area (Å²) in [7, 11) is 1.72. The molecule has 0 saturated heterocycles. The number of aryl methyl sites for hydroxylation is 1. The van der Waals surface area contributed by atoms with Crippen LogP contribution in [0.4, 0.5) is 4.39 Å². The molecule has 0 atom stereocenters. The number of halogens is 2. The van der Waals surface area contributed by atoms with Crippen molar-refractivity contribution in [1.29, 1.82) is 0 Å². The lowest BCUT2D eigenvalue weighted by Gasteiger charge is -2.11. The van der Waals surface area contributed by atoms with Gasteiger partial charge in [0.1, 0.15) is 5.82 Å². The Morgan fingerprint density at radius 2 is 2.10 bits per heavy atom. The predicted octanol–water partition coefficient (Wildman–Crippen LogP) is 3.38. The molecule has 0 aromatic heterocycles. The molecule has 3 nitrogen and oxygen atoms in total. The summed E-state index contributed by atoms with van der Waals surface area (Å²) >= 11 is 0. The Bertz CT molecular complexity index is 458. The van der Waals surface area contributed by atoms with E-state index < -0.39 is 0 Å². The molecule has 1 rings (SSSR count). The van der Waals surface area contributed by atoms with Gasteiger partial charge in [-0.25, -0.2) is 4.39 Å². The molecule has 0 aliphatic heterocycles. The topological polar surface area (TPSA) is 36.4 Å². The van der Waals surface area contributed by atoms with Crippen molar-refractivity contribution in [2.45, 2.75) is 26.8 Å². The number of aliphatic imine (C=N–C) groups is 1. The average Bonchev–Trinajstić information content (AvgIpc) is 2.42. The van der Waals surface area contributed by atoms with Crippen LogP contribution in [0.2, 0.25) is 0 Å². The van der Waals surface area contributed by atoms with E-state index in [1.807, 2.05) is 19.1 Å². The second-order valence-corrected chi connectivity index (χ2v) is 4.29. The van der Waals surface area contributed by atoms with Crippen LogP contribution in [0.3, 0.4) is 0 Å². The second-order valence-electron chi connectivity index (χ2n) is 4.29. The van der Waals surface area contributed by atoms with Crippen molar-refractivity contribution in [2.75, 3.05) is 13.6 Å². The van der Waals surface area contributed by atoms with Gasteiger partial charge < -0.3 is 10.6 Å². The van der Waals surface area contributed by atoms with Crippen LogP contribution in [0.1, 0.15) is 24.5 Å². The van der Waals surface area contributed by atoms with Crippen LogP contribution in [0, 0.1) is 12.7 Å². The minimum Gasteiger partial charge on any atom is -0.356 e. The van der Waals surface area contributed by atoms with Gasteiger partial charge in [-0.05, 0) is 37.5 Å². The van der Waals surface area contributed by atoms with E-state index in [1.54, 1.807) is 26.1 Å². The highest BCUT2D eigenvalue weighted by atomic mass is 127. The van der Waals surface area contributed by atoms with Gasteiger partial charge in [0.05, 0.1) is 0 Å². The SMILES string of the molecule is C/C=C/CCNC(=NC)NCc1ccc(C)c(F)c1.I. The fourth-order valence-corrected chi connectivity index (χ4v) is 1.59. The first-order chi connectivity index (χ1) is 9.17. The third kappa shape index (κ3) is 6.88. The molecule has 2 N–H and O–H groups in total. The van der Waals surface area contributed by atoms with Gasteiger partial charge in [0.15, 0.2) is 5.96 Å². The van der Waals surface area contributed by atoms with Crippen LogP contribution < -0.4 is 10.6 Å². The summed E-state index contributed by atoms with van der Waals surface area (Å²) in [6.07, 6.45) is 5.07. The maximum Gasteiger partial charge on any atom is 0.191 e. The lowest BCUT2D eigenvalue weighted by Crippen LogP contribution is -2.37. The summed E-state index contributed by atoms with van der Waals surface area (Å²) in [6, 6.07) is 5.25. The fraction of sp³-hybridized carbons (Fsp3) is 0.400. The average molecular weight is 391 g/mol. The minimum absolute atomic E-state index is 0. The maximum atomic E-state index is 13.4. The van der Waals surface area contributed by atoms with E-state index in [1.165, 1.54) is 0 Å².